The molecule has 30 heavy (non-hydrogen) atoms. The summed E-state index contributed by atoms with van der Waals surface area (Å²) in [5.74, 6) is -0.150. The second kappa shape index (κ2) is 8.87. The SMILES string of the molecule is CCC(=O)N1CCN(C(=O)c2cccc(S(=O)(=O)N(C)c3ccc(C)cc3)c2)CC1. The van der Waals surface area contributed by atoms with Gasteiger partial charge in [0.1, 0.15) is 0 Å². The first-order valence-electron chi connectivity index (χ1n) is 9.96. The monoisotopic (exact) mass is 429 g/mol. The average Bonchev–Trinajstić information content (AvgIpc) is 2.78. The Morgan fingerprint density at radius 1 is 0.967 bits per heavy atom. The molecule has 2 amide bonds. The van der Waals surface area contributed by atoms with E-state index in [9.17, 15) is 18.0 Å². The van der Waals surface area contributed by atoms with Crippen molar-refractivity contribution in [3.8, 4) is 0 Å². The van der Waals surface area contributed by atoms with Crippen molar-refractivity contribution in [2.24, 2.45) is 0 Å². The topological polar surface area (TPSA) is 78.0 Å². The summed E-state index contributed by atoms with van der Waals surface area (Å²) in [7, 11) is -2.31. The van der Waals surface area contributed by atoms with Gasteiger partial charge in [0, 0.05) is 45.2 Å². The van der Waals surface area contributed by atoms with Gasteiger partial charge in [0.15, 0.2) is 0 Å². The fourth-order valence-corrected chi connectivity index (χ4v) is 4.65. The lowest BCUT2D eigenvalue weighted by molar-refractivity contribution is -0.132. The number of amides is 2. The van der Waals surface area contributed by atoms with Gasteiger partial charge in [-0.15, -0.1) is 0 Å². The quantitative estimate of drug-likeness (QED) is 0.732. The van der Waals surface area contributed by atoms with Crippen molar-refractivity contribution in [3.63, 3.8) is 0 Å². The molecule has 0 bridgehead atoms. The Kier molecular flexibility index (Phi) is 6.45. The summed E-state index contributed by atoms with van der Waals surface area (Å²) in [6, 6.07) is 13.3. The molecular weight excluding hydrogens is 402 g/mol. The van der Waals surface area contributed by atoms with Crippen LogP contribution in [-0.4, -0.2) is 63.3 Å². The number of hydrogen-bond acceptors (Lipinski definition) is 4. The van der Waals surface area contributed by atoms with Crippen molar-refractivity contribution in [3.05, 3.63) is 59.7 Å². The van der Waals surface area contributed by atoms with Crippen LogP contribution in [0, 0.1) is 6.92 Å². The Morgan fingerprint density at radius 3 is 2.17 bits per heavy atom. The molecule has 0 N–H and O–H groups in total. The fourth-order valence-electron chi connectivity index (χ4n) is 3.41. The van der Waals surface area contributed by atoms with E-state index < -0.39 is 10.0 Å². The zero-order valence-electron chi connectivity index (χ0n) is 17.5. The molecule has 0 aromatic heterocycles. The first-order valence-corrected chi connectivity index (χ1v) is 11.4. The van der Waals surface area contributed by atoms with E-state index in [1.807, 2.05) is 26.0 Å². The van der Waals surface area contributed by atoms with Gasteiger partial charge in [-0.2, -0.15) is 0 Å². The van der Waals surface area contributed by atoms with Crippen LogP contribution in [0.2, 0.25) is 0 Å². The van der Waals surface area contributed by atoms with Crippen LogP contribution in [0.4, 0.5) is 5.69 Å². The molecule has 1 aliphatic heterocycles. The average molecular weight is 430 g/mol. The van der Waals surface area contributed by atoms with E-state index in [4.69, 9.17) is 0 Å². The van der Waals surface area contributed by atoms with Gasteiger partial charge in [-0.3, -0.25) is 13.9 Å². The Hall–Kier alpha value is -2.87. The predicted octanol–water partition coefficient (Wildman–Crippen LogP) is 2.51. The molecule has 0 aliphatic carbocycles. The van der Waals surface area contributed by atoms with Gasteiger partial charge in [0.05, 0.1) is 10.6 Å². The number of hydrogen-bond donors (Lipinski definition) is 0. The van der Waals surface area contributed by atoms with Crippen molar-refractivity contribution >= 4 is 27.5 Å². The van der Waals surface area contributed by atoms with E-state index in [2.05, 4.69) is 0 Å². The second-order valence-corrected chi connectivity index (χ2v) is 9.33. The molecule has 2 aromatic rings. The Morgan fingerprint density at radius 2 is 1.57 bits per heavy atom. The first kappa shape index (κ1) is 21.8. The maximum absolute atomic E-state index is 13.1. The highest BCUT2D eigenvalue weighted by atomic mass is 32.2. The number of carbonyl (C=O) groups is 2. The summed E-state index contributed by atoms with van der Waals surface area (Å²) in [5, 5.41) is 0. The third kappa shape index (κ3) is 4.48. The lowest BCUT2D eigenvalue weighted by atomic mass is 10.2. The molecule has 0 radical (unpaired) electrons. The summed E-state index contributed by atoms with van der Waals surface area (Å²) in [4.78, 5) is 28.2. The number of benzene rings is 2. The molecular formula is C22H27N3O4S. The molecule has 0 spiro atoms. The molecule has 1 aliphatic rings. The summed E-state index contributed by atoms with van der Waals surface area (Å²) >= 11 is 0. The van der Waals surface area contributed by atoms with Gasteiger partial charge >= 0.3 is 0 Å². The van der Waals surface area contributed by atoms with Gasteiger partial charge in [-0.05, 0) is 37.3 Å². The van der Waals surface area contributed by atoms with Crippen LogP contribution < -0.4 is 4.31 Å². The number of anilines is 1. The molecule has 0 unspecified atom stereocenters. The highest BCUT2D eigenvalue weighted by Gasteiger charge is 2.26. The van der Waals surface area contributed by atoms with Crippen molar-refractivity contribution in [2.75, 3.05) is 37.5 Å². The van der Waals surface area contributed by atoms with Crippen LogP contribution >= 0.6 is 0 Å². The fraction of sp³-hybridized carbons (Fsp3) is 0.364. The van der Waals surface area contributed by atoms with E-state index in [0.717, 1.165) is 5.56 Å². The summed E-state index contributed by atoms with van der Waals surface area (Å²) in [6.07, 6.45) is 0.447. The van der Waals surface area contributed by atoms with Gasteiger partial charge < -0.3 is 9.80 Å². The van der Waals surface area contributed by atoms with Gasteiger partial charge in [0.2, 0.25) is 5.91 Å². The zero-order valence-corrected chi connectivity index (χ0v) is 18.4. The van der Waals surface area contributed by atoms with Crippen molar-refractivity contribution < 1.29 is 18.0 Å². The number of nitrogens with zero attached hydrogens (tertiary/aromatic N) is 3. The Balaban J connectivity index is 1.78. The van der Waals surface area contributed by atoms with E-state index >= 15 is 0 Å². The number of sulfonamides is 1. The Bertz CT molecular complexity index is 1030. The van der Waals surface area contributed by atoms with Crippen molar-refractivity contribution in [1.82, 2.24) is 9.80 Å². The second-order valence-electron chi connectivity index (χ2n) is 7.36. The lowest BCUT2D eigenvalue weighted by Crippen LogP contribution is -2.50. The van der Waals surface area contributed by atoms with E-state index in [1.54, 1.807) is 34.1 Å². The van der Waals surface area contributed by atoms with Crippen LogP contribution in [0.1, 0.15) is 29.3 Å². The molecule has 0 atom stereocenters. The van der Waals surface area contributed by atoms with E-state index in [1.165, 1.54) is 23.5 Å². The molecule has 3 rings (SSSR count). The smallest absolute Gasteiger partial charge is 0.264 e. The van der Waals surface area contributed by atoms with Gasteiger partial charge in [-0.1, -0.05) is 30.7 Å². The Labute approximate surface area is 177 Å². The first-order chi connectivity index (χ1) is 14.2. The summed E-state index contributed by atoms with van der Waals surface area (Å²) < 4.78 is 27.4. The third-order valence-electron chi connectivity index (χ3n) is 5.36. The van der Waals surface area contributed by atoms with Crippen LogP contribution in [-0.2, 0) is 14.8 Å². The molecule has 1 fully saturated rings. The molecule has 160 valence electrons. The molecule has 1 saturated heterocycles. The molecule has 8 heteroatoms. The minimum Gasteiger partial charge on any atom is -0.339 e. The van der Waals surface area contributed by atoms with Crippen LogP contribution in [0.5, 0.6) is 0 Å². The zero-order chi connectivity index (χ0) is 21.9. The maximum Gasteiger partial charge on any atom is 0.264 e. The summed E-state index contributed by atoms with van der Waals surface area (Å²) in [5.41, 5.74) is 1.91. The van der Waals surface area contributed by atoms with Gasteiger partial charge in [0.25, 0.3) is 15.9 Å². The number of aryl methyl sites for hydroxylation is 1. The number of carbonyl (C=O) groups excluding carboxylic acids is 2. The van der Waals surface area contributed by atoms with Gasteiger partial charge in [-0.25, -0.2) is 8.42 Å². The third-order valence-corrected chi connectivity index (χ3v) is 7.14. The largest absolute Gasteiger partial charge is 0.339 e. The normalized spacial score (nSPS) is 14.5. The minimum absolute atomic E-state index is 0.0659. The van der Waals surface area contributed by atoms with Crippen LogP contribution in [0.25, 0.3) is 0 Å². The highest BCUT2D eigenvalue weighted by molar-refractivity contribution is 7.92. The molecule has 0 saturated carbocycles. The molecule has 1 heterocycles. The predicted molar refractivity (Wildman–Crippen MR) is 116 cm³/mol. The summed E-state index contributed by atoms with van der Waals surface area (Å²) in [6.45, 7) is 5.61. The number of rotatable bonds is 5. The van der Waals surface area contributed by atoms with Crippen molar-refractivity contribution in [1.29, 1.82) is 0 Å². The minimum atomic E-state index is -3.81. The van der Waals surface area contributed by atoms with Crippen LogP contribution in [0.15, 0.2) is 53.4 Å². The van der Waals surface area contributed by atoms with E-state index in [0.29, 0.717) is 43.9 Å². The lowest BCUT2D eigenvalue weighted by Gasteiger charge is -2.34. The maximum atomic E-state index is 13.1. The van der Waals surface area contributed by atoms with E-state index in [-0.39, 0.29) is 16.7 Å². The van der Waals surface area contributed by atoms with Crippen LogP contribution in [0.3, 0.4) is 0 Å². The molecule has 7 nitrogen and oxygen atoms in total. The highest BCUT2D eigenvalue weighted by Crippen LogP contribution is 2.23. The molecule has 2 aromatic carbocycles. The standard InChI is InChI=1S/C22H27N3O4S/c1-4-21(26)24-12-14-25(15-13-24)22(27)18-6-5-7-20(16-18)30(28,29)23(3)19-10-8-17(2)9-11-19/h5-11,16H,4,12-15H2,1-3H3. The number of piperazine rings is 1. The van der Waals surface area contributed by atoms with Crippen molar-refractivity contribution in [2.45, 2.75) is 25.2 Å².